The van der Waals surface area contributed by atoms with E-state index in [9.17, 15) is 14.4 Å². The number of likely N-dealkylation sites (tertiary alicyclic amines) is 1. The average Bonchev–Trinajstić information content (AvgIpc) is 2.68. The number of amides is 2. The van der Waals surface area contributed by atoms with Gasteiger partial charge in [-0.15, -0.1) is 0 Å². The van der Waals surface area contributed by atoms with Crippen LogP contribution >= 0.6 is 0 Å². The van der Waals surface area contributed by atoms with Gasteiger partial charge in [0.2, 0.25) is 11.8 Å². The van der Waals surface area contributed by atoms with Gasteiger partial charge >= 0.3 is 5.97 Å². The van der Waals surface area contributed by atoms with Crippen LogP contribution in [0, 0.1) is 5.41 Å². The maximum absolute atomic E-state index is 12.9. The molecule has 6 heteroatoms. The minimum Gasteiger partial charge on any atom is -0.459 e. The Morgan fingerprint density at radius 1 is 1.03 bits per heavy atom. The second kappa shape index (κ2) is 7.70. The van der Waals surface area contributed by atoms with E-state index in [-0.39, 0.29) is 18.9 Å². The quantitative estimate of drug-likeness (QED) is 0.603. The molecular weight excluding hydrogens is 368 g/mol. The largest absolute Gasteiger partial charge is 0.459 e. The lowest BCUT2D eigenvalue weighted by molar-refractivity contribution is -0.186. The summed E-state index contributed by atoms with van der Waals surface area (Å²) >= 11 is 0. The number of nitrogens with zero attached hydrogens (tertiary/aromatic N) is 1. The fraction of sp³-hybridized carbons (Fsp3) is 0.348. The van der Waals surface area contributed by atoms with Crippen LogP contribution in [0.1, 0.15) is 38.3 Å². The Labute approximate surface area is 170 Å². The van der Waals surface area contributed by atoms with Crippen molar-refractivity contribution in [2.45, 2.75) is 45.4 Å². The van der Waals surface area contributed by atoms with Crippen LogP contribution in [0.25, 0.3) is 0 Å². The number of primary amides is 1. The maximum atomic E-state index is 12.9. The first-order valence-electron chi connectivity index (χ1n) is 9.57. The summed E-state index contributed by atoms with van der Waals surface area (Å²) in [6, 6.07) is 17.3. The third-order valence-corrected chi connectivity index (χ3v) is 5.44. The SMILES string of the molecule is CC(C)(C)C(C(N)=O)(c1ccccc1)N1C(=O)CC1C(=O)OCc1ccccc1. The van der Waals surface area contributed by atoms with E-state index in [0.29, 0.717) is 5.56 Å². The van der Waals surface area contributed by atoms with Gasteiger partial charge in [0.1, 0.15) is 12.6 Å². The molecule has 0 bridgehead atoms. The van der Waals surface area contributed by atoms with E-state index < -0.39 is 28.9 Å². The fourth-order valence-electron chi connectivity index (χ4n) is 4.09. The van der Waals surface area contributed by atoms with Gasteiger partial charge in [-0.1, -0.05) is 81.4 Å². The van der Waals surface area contributed by atoms with Crippen molar-refractivity contribution < 1.29 is 19.1 Å². The van der Waals surface area contributed by atoms with Crippen molar-refractivity contribution in [1.29, 1.82) is 0 Å². The normalized spacial score (nSPS) is 18.5. The molecule has 1 fully saturated rings. The van der Waals surface area contributed by atoms with Crippen molar-refractivity contribution in [3.05, 3.63) is 71.8 Å². The Balaban J connectivity index is 1.95. The summed E-state index contributed by atoms with van der Waals surface area (Å²) in [5.41, 5.74) is 5.10. The molecule has 6 nitrogen and oxygen atoms in total. The molecule has 0 aliphatic carbocycles. The second-order valence-corrected chi connectivity index (χ2v) is 8.27. The molecule has 2 aromatic rings. The van der Waals surface area contributed by atoms with Crippen LogP contribution in [-0.2, 0) is 31.3 Å². The first-order chi connectivity index (χ1) is 13.7. The molecule has 2 N–H and O–H groups in total. The Kier molecular flexibility index (Phi) is 5.46. The number of benzene rings is 2. The van der Waals surface area contributed by atoms with Crippen LogP contribution in [0.4, 0.5) is 0 Å². The van der Waals surface area contributed by atoms with Gasteiger partial charge in [0.25, 0.3) is 0 Å². The van der Waals surface area contributed by atoms with E-state index in [4.69, 9.17) is 10.5 Å². The lowest BCUT2D eigenvalue weighted by Gasteiger charge is -2.56. The summed E-state index contributed by atoms with van der Waals surface area (Å²) in [4.78, 5) is 39.7. The first kappa shape index (κ1) is 20.6. The van der Waals surface area contributed by atoms with Crippen LogP contribution in [0.3, 0.4) is 0 Å². The van der Waals surface area contributed by atoms with Crippen LogP contribution in [-0.4, -0.2) is 28.7 Å². The maximum Gasteiger partial charge on any atom is 0.329 e. The summed E-state index contributed by atoms with van der Waals surface area (Å²) in [6.07, 6.45) is -0.00837. The number of carbonyl (C=O) groups excluding carboxylic acids is 3. The van der Waals surface area contributed by atoms with Crippen molar-refractivity contribution in [1.82, 2.24) is 4.90 Å². The Morgan fingerprint density at radius 2 is 1.59 bits per heavy atom. The number of ether oxygens (including phenoxy) is 1. The van der Waals surface area contributed by atoms with Gasteiger partial charge in [-0.3, -0.25) is 9.59 Å². The highest BCUT2D eigenvalue weighted by Crippen LogP contribution is 2.49. The van der Waals surface area contributed by atoms with Gasteiger partial charge in [-0.2, -0.15) is 0 Å². The topological polar surface area (TPSA) is 89.7 Å². The van der Waals surface area contributed by atoms with E-state index in [0.717, 1.165) is 5.56 Å². The number of hydrogen-bond donors (Lipinski definition) is 1. The molecule has 2 atom stereocenters. The zero-order chi connectivity index (χ0) is 21.2. The number of nitrogens with two attached hydrogens (primary N) is 1. The minimum atomic E-state index is -1.47. The van der Waals surface area contributed by atoms with E-state index in [1.54, 1.807) is 24.3 Å². The van der Waals surface area contributed by atoms with Gasteiger partial charge in [0.15, 0.2) is 5.54 Å². The van der Waals surface area contributed by atoms with Crippen LogP contribution in [0.5, 0.6) is 0 Å². The molecule has 3 rings (SSSR count). The predicted octanol–water partition coefficient (Wildman–Crippen LogP) is 2.76. The highest BCUT2D eigenvalue weighted by atomic mass is 16.5. The molecule has 2 aromatic carbocycles. The molecule has 1 aliphatic heterocycles. The van der Waals surface area contributed by atoms with Crippen molar-refractivity contribution in [3.63, 3.8) is 0 Å². The average molecular weight is 394 g/mol. The molecule has 2 amide bonds. The summed E-state index contributed by atoms with van der Waals surface area (Å²) in [6.45, 7) is 5.61. The van der Waals surface area contributed by atoms with E-state index in [2.05, 4.69) is 0 Å². The molecule has 0 saturated carbocycles. The number of hydrogen-bond acceptors (Lipinski definition) is 4. The smallest absolute Gasteiger partial charge is 0.329 e. The molecule has 0 spiro atoms. The van der Waals surface area contributed by atoms with Crippen molar-refractivity contribution in [2.75, 3.05) is 0 Å². The molecule has 1 saturated heterocycles. The summed E-state index contributed by atoms with van der Waals surface area (Å²) in [5, 5.41) is 0. The number of carbonyl (C=O) groups is 3. The monoisotopic (exact) mass is 394 g/mol. The fourth-order valence-corrected chi connectivity index (χ4v) is 4.09. The van der Waals surface area contributed by atoms with Gasteiger partial charge in [-0.05, 0) is 16.5 Å². The third kappa shape index (κ3) is 3.50. The predicted molar refractivity (Wildman–Crippen MR) is 108 cm³/mol. The van der Waals surface area contributed by atoms with Gasteiger partial charge in [0.05, 0.1) is 6.42 Å². The van der Waals surface area contributed by atoms with Crippen molar-refractivity contribution >= 4 is 17.8 Å². The van der Waals surface area contributed by atoms with Gasteiger partial charge in [-0.25, -0.2) is 4.79 Å². The zero-order valence-corrected chi connectivity index (χ0v) is 16.9. The van der Waals surface area contributed by atoms with E-state index in [1.807, 2.05) is 57.2 Å². The Hall–Kier alpha value is -3.15. The van der Waals surface area contributed by atoms with E-state index in [1.165, 1.54) is 4.90 Å². The molecular formula is C23H26N2O4. The summed E-state index contributed by atoms with van der Waals surface area (Å²) in [5.74, 6) is -1.52. The zero-order valence-electron chi connectivity index (χ0n) is 16.9. The first-order valence-corrected chi connectivity index (χ1v) is 9.57. The minimum absolute atomic E-state index is 0.00837. The number of esters is 1. The van der Waals surface area contributed by atoms with Gasteiger partial charge in [0, 0.05) is 0 Å². The second-order valence-electron chi connectivity index (χ2n) is 8.27. The molecule has 1 aliphatic rings. The van der Waals surface area contributed by atoms with Crippen LogP contribution < -0.4 is 5.73 Å². The standard InChI is InChI=1S/C23H26N2O4/c1-22(2,3)23(21(24)28,17-12-8-5-9-13-17)25-18(14-19(25)26)20(27)29-15-16-10-6-4-7-11-16/h4-13,18H,14-15H2,1-3H3,(H2,24,28). The summed E-state index contributed by atoms with van der Waals surface area (Å²) in [7, 11) is 0. The number of β-lactam (4-membered cyclic amide) rings is 1. The molecule has 1 heterocycles. The number of rotatable bonds is 6. The van der Waals surface area contributed by atoms with Crippen molar-refractivity contribution in [2.24, 2.45) is 11.1 Å². The van der Waals surface area contributed by atoms with E-state index >= 15 is 0 Å². The van der Waals surface area contributed by atoms with Crippen molar-refractivity contribution in [3.8, 4) is 0 Å². The molecule has 2 unspecified atom stereocenters. The molecule has 152 valence electrons. The van der Waals surface area contributed by atoms with Gasteiger partial charge < -0.3 is 15.4 Å². The third-order valence-electron chi connectivity index (χ3n) is 5.44. The molecule has 0 aromatic heterocycles. The lowest BCUT2D eigenvalue weighted by Crippen LogP contribution is -2.73. The molecule has 0 radical (unpaired) electrons. The molecule has 29 heavy (non-hydrogen) atoms. The van der Waals surface area contributed by atoms with Crippen LogP contribution in [0.15, 0.2) is 60.7 Å². The lowest BCUT2D eigenvalue weighted by atomic mass is 9.65. The Morgan fingerprint density at radius 3 is 2.07 bits per heavy atom. The Bertz CT molecular complexity index is 905. The highest BCUT2D eigenvalue weighted by molar-refractivity contribution is 6.01. The summed E-state index contributed by atoms with van der Waals surface area (Å²) < 4.78 is 5.45. The van der Waals surface area contributed by atoms with Crippen LogP contribution in [0.2, 0.25) is 0 Å². The highest BCUT2D eigenvalue weighted by Gasteiger charge is 2.62.